The molecule has 2 N–H and O–H groups in total. The molecule has 0 aliphatic carbocycles. The van der Waals surface area contributed by atoms with E-state index in [1.54, 1.807) is 48.5 Å². The highest BCUT2D eigenvalue weighted by Gasteiger charge is 2.32. The number of alkyl halides is 3. The lowest BCUT2D eigenvalue weighted by atomic mass is 9.86. The summed E-state index contributed by atoms with van der Waals surface area (Å²) in [6, 6.07) is 13.5. The van der Waals surface area contributed by atoms with Crippen LogP contribution < -0.4 is 10.1 Å². The molecule has 0 fully saturated rings. The largest absolute Gasteiger partial charge is 0.486 e. The van der Waals surface area contributed by atoms with Gasteiger partial charge in [-0.3, -0.25) is 9.59 Å². The topological polar surface area (TPSA) is 93.5 Å². The molecule has 36 heavy (non-hydrogen) atoms. The number of carboxylic acid groups (broad SMARTS) is 1. The van der Waals surface area contributed by atoms with Gasteiger partial charge in [-0.25, -0.2) is 4.68 Å². The van der Waals surface area contributed by atoms with Gasteiger partial charge in [0.15, 0.2) is 0 Å². The van der Waals surface area contributed by atoms with Crippen LogP contribution in [0.3, 0.4) is 0 Å². The van der Waals surface area contributed by atoms with Crippen LogP contribution in [0.4, 0.5) is 13.2 Å². The second kappa shape index (κ2) is 10.8. The Morgan fingerprint density at radius 2 is 1.69 bits per heavy atom. The summed E-state index contributed by atoms with van der Waals surface area (Å²) < 4.78 is 46.0. The zero-order chi connectivity index (χ0) is 26.5. The van der Waals surface area contributed by atoms with Crippen LogP contribution in [0.25, 0.3) is 5.69 Å². The fourth-order valence-electron chi connectivity index (χ4n) is 3.47. The van der Waals surface area contributed by atoms with E-state index in [-0.39, 0.29) is 30.4 Å². The molecule has 1 heterocycles. The highest BCUT2D eigenvalue weighted by Crippen LogP contribution is 2.34. The molecule has 0 saturated carbocycles. The standard InChI is InChI=1S/C26H28F3N3O4/c1-25(2,3)14-22(17-4-6-18(7-5-17)24(35)30-13-12-23(33)34)36-21-10-8-20(9-11-21)32-16-19(15-31-32)26(27,28)29/h4-11,15-16,22H,12-14H2,1-3H3,(H,30,35)(H,33,34). The minimum atomic E-state index is -4.46. The van der Waals surface area contributed by atoms with Gasteiger partial charge in [0.25, 0.3) is 5.91 Å². The molecule has 0 radical (unpaired) electrons. The molecule has 1 aromatic heterocycles. The number of nitrogens with one attached hydrogen (secondary N) is 1. The van der Waals surface area contributed by atoms with Crippen LogP contribution in [0, 0.1) is 5.41 Å². The number of carboxylic acids is 1. The summed E-state index contributed by atoms with van der Waals surface area (Å²) in [4.78, 5) is 22.8. The molecule has 0 aliphatic rings. The van der Waals surface area contributed by atoms with Crippen molar-refractivity contribution in [3.05, 3.63) is 77.6 Å². The molecule has 10 heteroatoms. The minimum absolute atomic E-state index is 0.0394. The third-order valence-electron chi connectivity index (χ3n) is 5.26. The van der Waals surface area contributed by atoms with E-state index in [4.69, 9.17) is 9.84 Å². The Kier molecular flexibility index (Phi) is 8.07. The smallest absolute Gasteiger partial charge is 0.419 e. The number of ether oxygens (including phenoxy) is 1. The van der Waals surface area contributed by atoms with Gasteiger partial charge in [-0.15, -0.1) is 0 Å². The molecule has 1 unspecified atom stereocenters. The average molecular weight is 504 g/mol. The van der Waals surface area contributed by atoms with Crippen LogP contribution in [-0.4, -0.2) is 33.3 Å². The quantitative estimate of drug-likeness (QED) is 0.394. The number of rotatable bonds is 9. The number of nitrogens with zero attached hydrogens (tertiary/aromatic N) is 2. The predicted octanol–water partition coefficient (Wildman–Crippen LogP) is 5.65. The van der Waals surface area contributed by atoms with Gasteiger partial charge in [0, 0.05) is 18.3 Å². The molecule has 3 rings (SSSR count). The summed E-state index contributed by atoms with van der Waals surface area (Å²) >= 11 is 0. The molecule has 1 atom stereocenters. The second-order valence-corrected chi connectivity index (χ2v) is 9.56. The molecule has 0 bridgehead atoms. The Morgan fingerprint density at radius 3 is 2.22 bits per heavy atom. The lowest BCUT2D eigenvalue weighted by molar-refractivity contribution is -0.138. The number of aliphatic carboxylic acids is 1. The third-order valence-corrected chi connectivity index (χ3v) is 5.26. The SMILES string of the molecule is CC(C)(C)CC(Oc1ccc(-n2cc(C(F)(F)F)cn2)cc1)c1ccc(C(=O)NCCC(=O)O)cc1. The minimum Gasteiger partial charge on any atom is -0.486 e. The highest BCUT2D eigenvalue weighted by molar-refractivity contribution is 5.94. The first kappa shape index (κ1) is 26.8. The first-order valence-corrected chi connectivity index (χ1v) is 11.3. The summed E-state index contributed by atoms with van der Waals surface area (Å²) in [6.07, 6.45) is -2.60. The summed E-state index contributed by atoms with van der Waals surface area (Å²) in [6.45, 7) is 6.27. The lowest BCUT2D eigenvalue weighted by Gasteiger charge is -2.27. The lowest BCUT2D eigenvalue weighted by Crippen LogP contribution is -2.26. The van der Waals surface area contributed by atoms with E-state index in [1.807, 2.05) is 0 Å². The maximum atomic E-state index is 12.9. The number of carbonyl (C=O) groups is 2. The molecule has 3 aromatic rings. The van der Waals surface area contributed by atoms with Gasteiger partial charge >= 0.3 is 12.1 Å². The van der Waals surface area contributed by atoms with E-state index < -0.39 is 17.7 Å². The number of benzene rings is 2. The van der Waals surface area contributed by atoms with Crippen LogP contribution in [-0.2, 0) is 11.0 Å². The van der Waals surface area contributed by atoms with E-state index in [0.29, 0.717) is 23.4 Å². The number of hydrogen-bond donors (Lipinski definition) is 2. The van der Waals surface area contributed by atoms with Gasteiger partial charge < -0.3 is 15.2 Å². The highest BCUT2D eigenvalue weighted by atomic mass is 19.4. The van der Waals surface area contributed by atoms with Crippen molar-refractivity contribution in [1.82, 2.24) is 15.1 Å². The molecular formula is C26H28F3N3O4. The van der Waals surface area contributed by atoms with Crippen LogP contribution in [0.1, 0.15) is 61.2 Å². The number of carbonyl (C=O) groups excluding carboxylic acids is 1. The van der Waals surface area contributed by atoms with Crippen LogP contribution >= 0.6 is 0 Å². The number of halogens is 3. The Morgan fingerprint density at radius 1 is 1.06 bits per heavy atom. The van der Waals surface area contributed by atoms with Crippen molar-refractivity contribution in [2.45, 2.75) is 45.9 Å². The number of amides is 1. The van der Waals surface area contributed by atoms with Crippen molar-refractivity contribution in [2.75, 3.05) is 6.54 Å². The van der Waals surface area contributed by atoms with Crippen LogP contribution in [0.5, 0.6) is 5.75 Å². The van der Waals surface area contributed by atoms with Gasteiger partial charge in [0.2, 0.25) is 0 Å². The van der Waals surface area contributed by atoms with E-state index in [0.717, 1.165) is 22.6 Å². The third kappa shape index (κ3) is 7.59. The van der Waals surface area contributed by atoms with Crippen molar-refractivity contribution in [2.24, 2.45) is 5.41 Å². The van der Waals surface area contributed by atoms with Gasteiger partial charge in [0.05, 0.1) is 23.9 Å². The van der Waals surface area contributed by atoms with Gasteiger partial charge in [-0.2, -0.15) is 18.3 Å². The van der Waals surface area contributed by atoms with Gasteiger partial charge in [-0.05, 0) is 53.8 Å². The van der Waals surface area contributed by atoms with E-state index in [1.165, 1.54) is 0 Å². The Balaban J connectivity index is 1.74. The Labute approximate surface area is 206 Å². The first-order chi connectivity index (χ1) is 16.8. The second-order valence-electron chi connectivity index (χ2n) is 9.56. The van der Waals surface area contributed by atoms with Crippen LogP contribution in [0.15, 0.2) is 60.9 Å². The monoisotopic (exact) mass is 503 g/mol. The van der Waals surface area contributed by atoms with Crippen molar-refractivity contribution in [3.8, 4) is 11.4 Å². The van der Waals surface area contributed by atoms with E-state index in [9.17, 15) is 22.8 Å². The zero-order valence-corrected chi connectivity index (χ0v) is 20.2. The molecule has 192 valence electrons. The molecule has 0 spiro atoms. The summed E-state index contributed by atoms with van der Waals surface area (Å²) in [7, 11) is 0. The van der Waals surface area contributed by atoms with E-state index in [2.05, 4.69) is 31.2 Å². The van der Waals surface area contributed by atoms with E-state index >= 15 is 0 Å². The molecule has 0 saturated heterocycles. The maximum absolute atomic E-state index is 12.9. The zero-order valence-electron chi connectivity index (χ0n) is 20.2. The van der Waals surface area contributed by atoms with Gasteiger partial charge in [-0.1, -0.05) is 32.9 Å². The molecule has 2 aromatic carbocycles. The average Bonchev–Trinajstić information content (AvgIpc) is 3.29. The summed E-state index contributed by atoms with van der Waals surface area (Å²) in [5.74, 6) is -0.817. The number of hydrogen-bond acceptors (Lipinski definition) is 4. The van der Waals surface area contributed by atoms with Crippen molar-refractivity contribution >= 4 is 11.9 Å². The van der Waals surface area contributed by atoms with Crippen molar-refractivity contribution in [3.63, 3.8) is 0 Å². The normalized spacial score (nSPS) is 12.7. The van der Waals surface area contributed by atoms with Crippen molar-refractivity contribution < 1.29 is 32.6 Å². The van der Waals surface area contributed by atoms with Crippen LogP contribution in [0.2, 0.25) is 0 Å². The molecule has 0 aliphatic heterocycles. The predicted molar refractivity (Wildman–Crippen MR) is 127 cm³/mol. The van der Waals surface area contributed by atoms with Gasteiger partial charge in [0.1, 0.15) is 11.9 Å². The fraction of sp³-hybridized carbons (Fsp3) is 0.346. The Bertz CT molecular complexity index is 1180. The first-order valence-electron chi connectivity index (χ1n) is 11.3. The van der Waals surface area contributed by atoms with Crippen molar-refractivity contribution in [1.29, 1.82) is 0 Å². The Hall–Kier alpha value is -3.82. The number of aromatic nitrogens is 2. The molecular weight excluding hydrogens is 475 g/mol. The molecule has 1 amide bonds. The fourth-order valence-corrected chi connectivity index (χ4v) is 3.47. The molecule has 7 nitrogen and oxygen atoms in total. The maximum Gasteiger partial charge on any atom is 0.419 e. The summed E-state index contributed by atoms with van der Waals surface area (Å²) in [5.41, 5.74) is 0.801. The summed E-state index contributed by atoms with van der Waals surface area (Å²) in [5, 5.41) is 15.0.